The van der Waals surface area contributed by atoms with E-state index in [-0.39, 0.29) is 25.7 Å². The Morgan fingerprint density at radius 3 is 1.54 bits per heavy atom. The SMILES string of the molecule is CCC1=C(C)c2cc3[nH]c(cc4nc(cc5[nH]c(cc1n2)c(C)c5CCC(=O)O)C(CCC(=O)O)=C4C)c(C)c3CC.NC=O.NC=O. The van der Waals surface area contributed by atoms with E-state index in [9.17, 15) is 19.8 Å². The predicted molar refractivity (Wildman–Crippen MR) is 188 cm³/mol. The minimum absolute atomic E-state index is 0.00162. The molecule has 0 saturated heterocycles. The van der Waals surface area contributed by atoms with Gasteiger partial charge in [0.2, 0.25) is 12.8 Å². The largest absolute Gasteiger partial charge is 0.481 e. The highest BCUT2D eigenvalue weighted by Gasteiger charge is 2.21. The fraction of sp³-hybridized carbons (Fsp3) is 0.333. The number of nitrogens with zero attached hydrogens (tertiary/aromatic N) is 2. The zero-order valence-corrected chi connectivity index (χ0v) is 28.3. The average Bonchev–Trinajstić information content (AvgIpc) is 3.68. The Morgan fingerprint density at radius 2 is 1.04 bits per heavy atom. The fourth-order valence-corrected chi connectivity index (χ4v) is 6.22. The first-order valence-corrected chi connectivity index (χ1v) is 15.7. The number of H-pyrrole nitrogens is 2. The molecule has 5 rings (SSSR count). The minimum atomic E-state index is -0.864. The highest BCUT2D eigenvalue weighted by molar-refractivity contribution is 5.95. The number of aromatic amines is 2. The van der Waals surface area contributed by atoms with E-state index in [0.717, 1.165) is 85.4 Å². The molecule has 254 valence electrons. The summed E-state index contributed by atoms with van der Waals surface area (Å²) in [5, 5.41) is 18.9. The third-order valence-corrected chi connectivity index (χ3v) is 8.69. The van der Waals surface area contributed by atoms with Crippen molar-refractivity contribution < 1.29 is 29.4 Å². The van der Waals surface area contributed by atoms with Crippen LogP contribution in [0.1, 0.15) is 98.4 Å². The first-order chi connectivity index (χ1) is 22.8. The number of carboxylic acid groups (broad SMARTS) is 2. The topological polar surface area (TPSA) is 218 Å². The number of allylic oxidation sites excluding steroid dienone is 4. The number of carbonyl (C=O) groups is 4. The van der Waals surface area contributed by atoms with Gasteiger partial charge in [0.05, 0.1) is 22.8 Å². The molecule has 12 heteroatoms. The molecule has 3 aromatic rings. The van der Waals surface area contributed by atoms with Gasteiger partial charge in [-0.2, -0.15) is 0 Å². The third-order valence-electron chi connectivity index (χ3n) is 8.69. The molecule has 0 atom stereocenters. The number of primary amides is 2. The van der Waals surface area contributed by atoms with E-state index in [4.69, 9.17) is 19.6 Å². The highest BCUT2D eigenvalue weighted by atomic mass is 16.4. The van der Waals surface area contributed by atoms with Crippen LogP contribution in [0.15, 0.2) is 24.3 Å². The van der Waals surface area contributed by atoms with Crippen LogP contribution in [0.4, 0.5) is 0 Å². The predicted octanol–water partition coefficient (Wildman–Crippen LogP) is 5.85. The maximum Gasteiger partial charge on any atom is 0.303 e. The van der Waals surface area contributed by atoms with Gasteiger partial charge in [0.15, 0.2) is 0 Å². The Labute approximate surface area is 279 Å². The highest BCUT2D eigenvalue weighted by Crippen LogP contribution is 2.36. The van der Waals surface area contributed by atoms with Crippen LogP contribution >= 0.6 is 0 Å². The number of carbonyl (C=O) groups excluding carboxylic acids is 2. The van der Waals surface area contributed by atoms with Crippen molar-refractivity contribution in [2.45, 2.75) is 80.1 Å². The van der Waals surface area contributed by atoms with Crippen LogP contribution in [0.3, 0.4) is 0 Å². The molecule has 48 heavy (non-hydrogen) atoms. The second kappa shape index (κ2) is 16.3. The zero-order chi connectivity index (χ0) is 35.7. The number of fused-ring (bicyclic) bond motifs is 8. The van der Waals surface area contributed by atoms with Crippen molar-refractivity contribution in [3.8, 4) is 0 Å². The van der Waals surface area contributed by atoms with Crippen molar-refractivity contribution >= 4 is 69.1 Å². The number of aliphatic carboxylic acids is 2. The van der Waals surface area contributed by atoms with Crippen LogP contribution in [0, 0.1) is 13.8 Å². The summed E-state index contributed by atoms with van der Waals surface area (Å²) in [5.74, 6) is -1.72. The molecule has 0 aromatic carbocycles. The van der Waals surface area contributed by atoms with Gasteiger partial charge in [-0.15, -0.1) is 0 Å². The summed E-state index contributed by atoms with van der Waals surface area (Å²) < 4.78 is 0. The van der Waals surface area contributed by atoms with E-state index < -0.39 is 11.9 Å². The standard InChI is InChI=1S/C34H38N4O4.2CH3NO/c1-7-21-17(3)25-13-26-19(5)23(9-11-33(39)40)31(37-26)16-32-24(10-12-34(41)42)20(6)28(38-32)15-30-22(8-2)18(4)27(36-30)14-29(21)35-25;2*2-1-3/h13-16,35,38H,7-12H2,1-6H3,(H,39,40)(H,41,42);2*1H,(H2,2,3). The van der Waals surface area contributed by atoms with Gasteiger partial charge in [0, 0.05) is 34.9 Å². The summed E-state index contributed by atoms with van der Waals surface area (Å²) in [4.78, 5) is 57.5. The van der Waals surface area contributed by atoms with Crippen molar-refractivity contribution in [2.24, 2.45) is 11.5 Å². The molecule has 3 aromatic heterocycles. The first kappa shape index (κ1) is 36.9. The lowest BCUT2D eigenvalue weighted by Crippen LogP contribution is -1.98. The second-order valence-electron chi connectivity index (χ2n) is 11.4. The molecule has 0 radical (unpaired) electrons. The number of rotatable bonds is 8. The Morgan fingerprint density at radius 1 is 0.646 bits per heavy atom. The van der Waals surface area contributed by atoms with Gasteiger partial charge in [-0.3, -0.25) is 19.2 Å². The van der Waals surface area contributed by atoms with Crippen LogP contribution in [0.2, 0.25) is 0 Å². The van der Waals surface area contributed by atoms with Crippen molar-refractivity contribution in [1.29, 1.82) is 0 Å². The molecule has 8 N–H and O–H groups in total. The molecule has 8 bridgehead atoms. The van der Waals surface area contributed by atoms with Crippen LogP contribution in [-0.4, -0.2) is 54.9 Å². The Kier molecular flexibility index (Phi) is 12.6. The van der Waals surface area contributed by atoms with Gasteiger partial charge in [0.1, 0.15) is 0 Å². The normalized spacial score (nSPS) is 12.1. The average molecular weight is 657 g/mol. The third kappa shape index (κ3) is 8.06. The van der Waals surface area contributed by atoms with Gasteiger partial charge in [-0.25, -0.2) is 9.97 Å². The number of hydrogen-bond acceptors (Lipinski definition) is 6. The van der Waals surface area contributed by atoms with Crippen molar-refractivity contribution in [3.05, 3.63) is 69.3 Å². The summed E-state index contributed by atoms with van der Waals surface area (Å²) >= 11 is 0. The maximum absolute atomic E-state index is 11.5. The summed E-state index contributed by atoms with van der Waals surface area (Å²) in [5.41, 5.74) is 23.7. The van der Waals surface area contributed by atoms with E-state index >= 15 is 0 Å². The molecular weight excluding hydrogens is 612 g/mol. The van der Waals surface area contributed by atoms with E-state index in [1.54, 1.807) is 0 Å². The zero-order valence-electron chi connectivity index (χ0n) is 28.3. The Bertz CT molecular complexity index is 1960. The number of carboxylic acids is 2. The molecule has 5 heterocycles. The number of aromatic nitrogens is 4. The van der Waals surface area contributed by atoms with E-state index in [1.807, 2.05) is 26.0 Å². The lowest BCUT2D eigenvalue weighted by molar-refractivity contribution is -0.137. The van der Waals surface area contributed by atoms with Crippen molar-refractivity contribution in [1.82, 2.24) is 19.9 Å². The first-order valence-electron chi connectivity index (χ1n) is 15.7. The number of nitrogens with one attached hydrogen (secondary N) is 2. The lowest BCUT2D eigenvalue weighted by Gasteiger charge is -2.03. The van der Waals surface area contributed by atoms with Gasteiger partial charge in [-0.1, -0.05) is 13.8 Å². The van der Waals surface area contributed by atoms with Crippen LogP contribution in [0.25, 0.3) is 44.4 Å². The summed E-state index contributed by atoms with van der Waals surface area (Å²) in [7, 11) is 0. The number of aryl methyl sites for hydroxylation is 4. The molecule has 0 spiro atoms. The minimum Gasteiger partial charge on any atom is -0.481 e. The van der Waals surface area contributed by atoms with Crippen molar-refractivity contribution in [2.75, 3.05) is 0 Å². The molecule has 2 amide bonds. The molecule has 0 fully saturated rings. The smallest absolute Gasteiger partial charge is 0.303 e. The summed E-state index contributed by atoms with van der Waals surface area (Å²) in [6.45, 7) is 12.5. The fourth-order valence-electron chi connectivity index (χ4n) is 6.22. The quantitative estimate of drug-likeness (QED) is 0.161. The van der Waals surface area contributed by atoms with Gasteiger partial charge >= 0.3 is 11.9 Å². The molecule has 0 saturated carbocycles. The van der Waals surface area contributed by atoms with Crippen LogP contribution < -0.4 is 11.5 Å². The Balaban J connectivity index is 0.000000969. The van der Waals surface area contributed by atoms with Gasteiger partial charge in [0.25, 0.3) is 0 Å². The molecule has 2 aliphatic rings. The molecular formula is C36H44N6O6. The van der Waals surface area contributed by atoms with Gasteiger partial charge in [-0.05, 0) is 122 Å². The van der Waals surface area contributed by atoms with Crippen LogP contribution in [-0.2, 0) is 32.0 Å². The van der Waals surface area contributed by atoms with Gasteiger partial charge < -0.3 is 31.6 Å². The van der Waals surface area contributed by atoms with E-state index in [2.05, 4.69) is 61.3 Å². The summed E-state index contributed by atoms with van der Waals surface area (Å²) in [6, 6.07) is 8.19. The number of amides is 2. The molecule has 12 nitrogen and oxygen atoms in total. The summed E-state index contributed by atoms with van der Waals surface area (Å²) in [6.07, 6.45) is 2.89. The van der Waals surface area contributed by atoms with Crippen molar-refractivity contribution in [3.63, 3.8) is 0 Å². The molecule has 0 aliphatic carbocycles. The number of hydrogen-bond donors (Lipinski definition) is 6. The molecule has 0 unspecified atom stereocenters. The Hall–Kier alpha value is -5.52. The van der Waals surface area contributed by atoms with E-state index in [1.165, 1.54) is 11.1 Å². The van der Waals surface area contributed by atoms with E-state index in [0.29, 0.717) is 18.5 Å². The second-order valence-corrected chi connectivity index (χ2v) is 11.4. The number of nitrogens with two attached hydrogens (primary N) is 2. The lowest BCUT2D eigenvalue weighted by atomic mass is 10.00. The van der Waals surface area contributed by atoms with Crippen LogP contribution in [0.5, 0.6) is 0 Å². The maximum atomic E-state index is 11.5. The molecule has 2 aliphatic heterocycles. The monoisotopic (exact) mass is 656 g/mol.